The number of hydrogen-bond donors (Lipinski definition) is 0. The summed E-state index contributed by atoms with van der Waals surface area (Å²) in [6.45, 7) is 0. The normalized spacial score (nSPS) is 19.6. The van der Waals surface area contributed by atoms with Crippen molar-refractivity contribution in [3.63, 3.8) is 0 Å². The molecule has 0 fully saturated rings. The van der Waals surface area contributed by atoms with Crippen molar-refractivity contribution in [2.45, 2.75) is 18.3 Å². The molecule has 0 heterocycles. The Kier molecular flexibility index (Phi) is 3.00. The summed E-state index contributed by atoms with van der Waals surface area (Å²) in [5.41, 5.74) is 8.88. The second-order valence-electron chi connectivity index (χ2n) is 7.50. The van der Waals surface area contributed by atoms with Crippen LogP contribution in [0.3, 0.4) is 0 Å². The molecule has 4 aromatic carbocycles. The largest absolute Gasteiger partial charge is 0.0619 e. The van der Waals surface area contributed by atoms with Gasteiger partial charge in [0.2, 0.25) is 0 Å². The minimum Gasteiger partial charge on any atom is -0.0619 e. The molecule has 4 aromatic rings. The van der Waals surface area contributed by atoms with E-state index in [1.165, 1.54) is 54.1 Å². The molecule has 1 heteroatoms. The molecule has 26 heavy (non-hydrogen) atoms. The molecular formula is C25H17I. The highest BCUT2D eigenvalue weighted by molar-refractivity contribution is 14.1. The van der Waals surface area contributed by atoms with E-state index in [-0.39, 0.29) is 5.41 Å². The standard InChI is InChI=1S/C25H17I/c26-19-9-10-21-20-7-3-4-8-22(20)25(24(21)15-19)12-11-18-13-16-5-1-2-6-17(16)14-23(18)25/h1-10,13-15H,11-12H2. The summed E-state index contributed by atoms with van der Waals surface area (Å²) in [5.74, 6) is 0. The molecule has 0 radical (unpaired) electrons. The molecule has 0 nitrogen and oxygen atoms in total. The van der Waals surface area contributed by atoms with Crippen molar-refractivity contribution in [1.29, 1.82) is 0 Å². The first kappa shape index (κ1) is 15.0. The maximum Gasteiger partial charge on any atom is 0.0470 e. The Morgan fingerprint density at radius 3 is 2.27 bits per heavy atom. The van der Waals surface area contributed by atoms with E-state index in [9.17, 15) is 0 Å². The second kappa shape index (κ2) is 5.20. The Labute approximate surface area is 167 Å². The zero-order valence-electron chi connectivity index (χ0n) is 14.3. The fraction of sp³-hybridized carbons (Fsp3) is 0.120. The molecule has 2 aliphatic rings. The van der Waals surface area contributed by atoms with E-state index in [1.807, 2.05) is 0 Å². The predicted molar refractivity (Wildman–Crippen MR) is 117 cm³/mol. The Balaban J connectivity index is 1.75. The highest BCUT2D eigenvalue weighted by Gasteiger charge is 2.48. The average molecular weight is 444 g/mol. The number of hydrogen-bond acceptors (Lipinski definition) is 0. The summed E-state index contributed by atoms with van der Waals surface area (Å²) in [4.78, 5) is 0. The summed E-state index contributed by atoms with van der Waals surface area (Å²) in [6, 6.07) is 29.7. The van der Waals surface area contributed by atoms with Gasteiger partial charge in [-0.05, 0) is 97.8 Å². The number of benzene rings is 4. The molecule has 1 unspecified atom stereocenters. The zero-order chi connectivity index (χ0) is 17.3. The van der Waals surface area contributed by atoms with E-state index in [1.54, 1.807) is 0 Å². The van der Waals surface area contributed by atoms with Crippen molar-refractivity contribution in [1.82, 2.24) is 0 Å². The van der Waals surface area contributed by atoms with Crippen LogP contribution in [0.4, 0.5) is 0 Å². The van der Waals surface area contributed by atoms with Gasteiger partial charge in [0.05, 0.1) is 0 Å². The van der Waals surface area contributed by atoms with Gasteiger partial charge in [0.1, 0.15) is 0 Å². The number of fused-ring (bicyclic) bond motifs is 8. The Bertz CT molecular complexity index is 1200. The summed E-state index contributed by atoms with van der Waals surface area (Å²) >= 11 is 2.46. The second-order valence-corrected chi connectivity index (χ2v) is 8.74. The number of halogens is 1. The van der Waals surface area contributed by atoms with Crippen LogP contribution in [0.2, 0.25) is 0 Å². The van der Waals surface area contributed by atoms with E-state index in [0.717, 1.165) is 6.42 Å². The molecule has 2 aliphatic carbocycles. The van der Waals surface area contributed by atoms with Crippen molar-refractivity contribution in [2.24, 2.45) is 0 Å². The molecule has 6 rings (SSSR count). The SMILES string of the molecule is Ic1ccc2c(c1)C1(CCc3cc4ccccc4cc31)c1ccccc1-2. The van der Waals surface area contributed by atoms with Crippen molar-refractivity contribution < 1.29 is 0 Å². The molecule has 1 spiro atoms. The lowest BCUT2D eigenvalue weighted by molar-refractivity contribution is 0.626. The fourth-order valence-electron chi connectivity index (χ4n) is 5.25. The lowest BCUT2D eigenvalue weighted by Crippen LogP contribution is -2.23. The highest BCUT2D eigenvalue weighted by atomic mass is 127. The summed E-state index contributed by atoms with van der Waals surface area (Å²) in [7, 11) is 0. The van der Waals surface area contributed by atoms with Gasteiger partial charge in [0, 0.05) is 8.99 Å². The van der Waals surface area contributed by atoms with Crippen LogP contribution in [-0.4, -0.2) is 0 Å². The number of rotatable bonds is 0. The zero-order valence-corrected chi connectivity index (χ0v) is 16.5. The molecule has 1 atom stereocenters. The molecule has 124 valence electrons. The van der Waals surface area contributed by atoms with Gasteiger partial charge < -0.3 is 0 Å². The van der Waals surface area contributed by atoms with Gasteiger partial charge >= 0.3 is 0 Å². The van der Waals surface area contributed by atoms with Crippen molar-refractivity contribution in [2.75, 3.05) is 0 Å². The Hall–Kier alpha value is -2.13. The monoisotopic (exact) mass is 444 g/mol. The topological polar surface area (TPSA) is 0 Å². The lowest BCUT2D eigenvalue weighted by Gasteiger charge is -2.29. The Morgan fingerprint density at radius 1 is 0.654 bits per heavy atom. The van der Waals surface area contributed by atoms with Crippen LogP contribution in [0.25, 0.3) is 21.9 Å². The van der Waals surface area contributed by atoms with Gasteiger partial charge in [0.15, 0.2) is 0 Å². The Morgan fingerprint density at radius 2 is 1.38 bits per heavy atom. The quantitative estimate of drug-likeness (QED) is 0.265. The van der Waals surface area contributed by atoms with Gasteiger partial charge in [-0.1, -0.05) is 60.7 Å². The summed E-state index contributed by atoms with van der Waals surface area (Å²) in [6.07, 6.45) is 2.32. The van der Waals surface area contributed by atoms with Crippen LogP contribution in [0.5, 0.6) is 0 Å². The van der Waals surface area contributed by atoms with Gasteiger partial charge in [0.25, 0.3) is 0 Å². The minimum absolute atomic E-state index is 0.0203. The fourth-order valence-corrected chi connectivity index (χ4v) is 5.74. The molecule has 0 saturated heterocycles. The molecule has 0 bridgehead atoms. The van der Waals surface area contributed by atoms with Crippen molar-refractivity contribution >= 4 is 33.4 Å². The van der Waals surface area contributed by atoms with Crippen molar-refractivity contribution in [3.05, 3.63) is 105 Å². The predicted octanol–water partition coefficient (Wildman–Crippen LogP) is 6.71. The van der Waals surface area contributed by atoms with E-state index in [4.69, 9.17) is 0 Å². The van der Waals surface area contributed by atoms with Crippen LogP contribution in [-0.2, 0) is 11.8 Å². The molecule has 0 amide bonds. The first-order chi connectivity index (χ1) is 12.8. The maximum atomic E-state index is 2.46. The van der Waals surface area contributed by atoms with E-state index in [0.29, 0.717) is 0 Å². The van der Waals surface area contributed by atoms with Crippen LogP contribution in [0.1, 0.15) is 28.7 Å². The third-order valence-electron chi connectivity index (χ3n) is 6.32. The van der Waals surface area contributed by atoms with Crippen LogP contribution in [0.15, 0.2) is 78.9 Å². The molecule has 0 aliphatic heterocycles. The van der Waals surface area contributed by atoms with Gasteiger partial charge in [-0.2, -0.15) is 0 Å². The van der Waals surface area contributed by atoms with E-state index in [2.05, 4.69) is 101 Å². The third-order valence-corrected chi connectivity index (χ3v) is 6.99. The highest BCUT2D eigenvalue weighted by Crippen LogP contribution is 2.58. The van der Waals surface area contributed by atoms with Gasteiger partial charge in [-0.25, -0.2) is 0 Å². The summed E-state index contributed by atoms with van der Waals surface area (Å²) in [5, 5.41) is 2.71. The van der Waals surface area contributed by atoms with Crippen LogP contribution in [0, 0.1) is 3.57 Å². The molecule has 0 N–H and O–H groups in total. The van der Waals surface area contributed by atoms with E-state index < -0.39 is 0 Å². The summed E-state index contributed by atoms with van der Waals surface area (Å²) < 4.78 is 1.32. The number of aryl methyl sites for hydroxylation is 1. The van der Waals surface area contributed by atoms with E-state index >= 15 is 0 Å². The molecular weight excluding hydrogens is 427 g/mol. The first-order valence-electron chi connectivity index (χ1n) is 9.19. The third kappa shape index (κ3) is 1.79. The minimum atomic E-state index is 0.0203. The van der Waals surface area contributed by atoms with Gasteiger partial charge in [-0.15, -0.1) is 0 Å². The molecule has 0 aromatic heterocycles. The molecule has 0 saturated carbocycles. The first-order valence-corrected chi connectivity index (χ1v) is 10.3. The average Bonchev–Trinajstić information content (AvgIpc) is 3.18. The van der Waals surface area contributed by atoms with Crippen LogP contribution < -0.4 is 0 Å². The van der Waals surface area contributed by atoms with Crippen molar-refractivity contribution in [3.8, 4) is 11.1 Å². The van der Waals surface area contributed by atoms with Gasteiger partial charge in [-0.3, -0.25) is 0 Å². The lowest BCUT2D eigenvalue weighted by atomic mass is 9.73. The maximum absolute atomic E-state index is 2.46. The van der Waals surface area contributed by atoms with Crippen LogP contribution >= 0.6 is 22.6 Å². The smallest absolute Gasteiger partial charge is 0.0470 e.